The van der Waals surface area contributed by atoms with E-state index in [2.05, 4.69) is 24.3 Å². The van der Waals surface area contributed by atoms with E-state index >= 15 is 0 Å². The van der Waals surface area contributed by atoms with Gasteiger partial charge in [-0.3, -0.25) is 0 Å². The summed E-state index contributed by atoms with van der Waals surface area (Å²) in [5.41, 5.74) is 0. The third-order valence-electron chi connectivity index (χ3n) is 2.13. The molecule has 2 heteroatoms. The molecule has 0 N–H and O–H groups in total. The zero-order chi connectivity index (χ0) is 8.39. The van der Waals surface area contributed by atoms with Crippen molar-refractivity contribution < 1.29 is 17.4 Å². The first-order valence-electron chi connectivity index (χ1n) is 4.10. The summed E-state index contributed by atoms with van der Waals surface area (Å²) >= 11 is 6.21. The number of rotatable bonds is 2. The number of hydrogen-bond donors (Lipinski definition) is 0. The maximum Gasteiger partial charge on any atom is 0.0849 e. The van der Waals surface area contributed by atoms with Crippen molar-refractivity contribution in [1.29, 1.82) is 0 Å². The number of hydrogen-bond acceptors (Lipinski definition) is 0. The summed E-state index contributed by atoms with van der Waals surface area (Å²) in [5.74, 6) is 0.646. The topological polar surface area (TPSA) is 0 Å². The quantitative estimate of drug-likeness (QED) is 0.682. The molecular weight excluding hydrogens is 220 g/mol. The van der Waals surface area contributed by atoms with Crippen LogP contribution in [-0.4, -0.2) is 0 Å². The zero-order valence-corrected chi connectivity index (χ0v) is 9.09. The minimum absolute atomic E-state index is 0. The fourth-order valence-corrected chi connectivity index (χ4v) is 1.74. The standard InChI is InChI=1S/C11H10Cl.Cr/c12-11(9-5-1-2-6-9)10-7-3-4-8-10;/h1-10H;. The van der Waals surface area contributed by atoms with Gasteiger partial charge in [-0.25, -0.2) is 0 Å². The van der Waals surface area contributed by atoms with E-state index < -0.39 is 0 Å². The number of allylic oxidation sites excluding steroid dienone is 8. The second kappa shape index (κ2) is 4.86. The van der Waals surface area contributed by atoms with Crippen molar-refractivity contribution in [3.05, 3.63) is 54.0 Å². The van der Waals surface area contributed by atoms with Crippen LogP contribution in [0, 0.1) is 17.2 Å². The molecule has 0 saturated heterocycles. The average Bonchev–Trinajstić information content (AvgIpc) is 2.77. The van der Waals surface area contributed by atoms with Crippen LogP contribution in [0.15, 0.2) is 48.6 Å². The molecule has 0 aromatic rings. The van der Waals surface area contributed by atoms with Crippen LogP contribution < -0.4 is 0 Å². The Morgan fingerprint density at radius 2 is 1.08 bits per heavy atom. The molecule has 0 aliphatic heterocycles. The number of halogens is 1. The molecule has 0 unspecified atom stereocenters. The maximum absolute atomic E-state index is 6.21. The van der Waals surface area contributed by atoms with Crippen LogP contribution in [0.5, 0.6) is 0 Å². The third kappa shape index (κ3) is 2.38. The molecule has 2 aliphatic rings. The first kappa shape index (κ1) is 10.9. The van der Waals surface area contributed by atoms with Crippen LogP contribution in [0.1, 0.15) is 0 Å². The van der Waals surface area contributed by atoms with Crippen LogP contribution in [-0.2, 0) is 17.4 Å². The van der Waals surface area contributed by atoms with Crippen molar-refractivity contribution >= 4 is 11.6 Å². The van der Waals surface area contributed by atoms with Gasteiger partial charge in [0.05, 0.1) is 5.38 Å². The Morgan fingerprint density at radius 3 is 1.38 bits per heavy atom. The van der Waals surface area contributed by atoms with Crippen LogP contribution in [0.3, 0.4) is 0 Å². The molecule has 0 saturated carbocycles. The summed E-state index contributed by atoms with van der Waals surface area (Å²) in [4.78, 5) is 0. The van der Waals surface area contributed by atoms with Crippen LogP contribution in [0.4, 0.5) is 0 Å². The molecule has 0 heterocycles. The van der Waals surface area contributed by atoms with Gasteiger partial charge in [0.2, 0.25) is 0 Å². The van der Waals surface area contributed by atoms with Crippen LogP contribution in [0.25, 0.3) is 0 Å². The maximum atomic E-state index is 6.21. The molecule has 1 radical (unpaired) electrons. The Morgan fingerprint density at radius 1 is 0.769 bits per heavy atom. The van der Waals surface area contributed by atoms with Gasteiger partial charge in [-0.15, -0.1) is 11.6 Å². The Bertz CT molecular complexity index is 224. The Kier molecular flexibility index (Phi) is 4.06. The smallest absolute Gasteiger partial charge is 0.0849 e. The third-order valence-corrected chi connectivity index (χ3v) is 2.64. The van der Waals surface area contributed by atoms with Gasteiger partial charge in [-0.1, -0.05) is 48.6 Å². The van der Waals surface area contributed by atoms with Crippen molar-refractivity contribution in [3.63, 3.8) is 0 Å². The van der Waals surface area contributed by atoms with Crippen molar-refractivity contribution in [2.24, 2.45) is 11.8 Å². The van der Waals surface area contributed by atoms with E-state index in [0.717, 1.165) is 5.38 Å². The molecular formula is C11H10ClCr. The molecule has 13 heavy (non-hydrogen) atoms. The summed E-state index contributed by atoms with van der Waals surface area (Å²) in [7, 11) is 0. The van der Waals surface area contributed by atoms with Gasteiger partial charge < -0.3 is 0 Å². The van der Waals surface area contributed by atoms with Gasteiger partial charge in [0.15, 0.2) is 0 Å². The van der Waals surface area contributed by atoms with Crippen molar-refractivity contribution in [2.45, 2.75) is 0 Å². The molecule has 0 bridgehead atoms. The monoisotopic (exact) mass is 229 g/mol. The molecule has 0 amide bonds. The minimum Gasteiger partial charge on any atom is -0.115 e. The van der Waals surface area contributed by atoms with E-state index in [1.165, 1.54) is 0 Å². The Hall–Kier alpha value is -0.218. The SMILES string of the molecule is Cl[C](C1C=CC=C1)C1C=CC=C1.[Cr]. The second-order valence-corrected chi connectivity index (χ2v) is 3.41. The van der Waals surface area contributed by atoms with Gasteiger partial charge in [-0.05, 0) is 0 Å². The van der Waals surface area contributed by atoms with Gasteiger partial charge in [0.25, 0.3) is 0 Å². The molecule has 0 fully saturated rings. The van der Waals surface area contributed by atoms with E-state index in [9.17, 15) is 0 Å². The van der Waals surface area contributed by atoms with Crippen molar-refractivity contribution in [3.8, 4) is 0 Å². The summed E-state index contributed by atoms with van der Waals surface area (Å²) in [6.07, 6.45) is 16.6. The molecule has 0 nitrogen and oxygen atoms in total. The van der Waals surface area contributed by atoms with Gasteiger partial charge in [0.1, 0.15) is 0 Å². The Balaban J connectivity index is 0.000000845. The van der Waals surface area contributed by atoms with E-state index in [1.54, 1.807) is 0 Å². The van der Waals surface area contributed by atoms with Crippen molar-refractivity contribution in [2.75, 3.05) is 0 Å². The molecule has 67 valence electrons. The second-order valence-electron chi connectivity index (χ2n) is 2.98. The fraction of sp³-hybridized carbons (Fsp3) is 0.182. The normalized spacial score (nSPS) is 20.5. The predicted molar refractivity (Wildman–Crippen MR) is 52.6 cm³/mol. The zero-order valence-electron chi connectivity index (χ0n) is 7.06. The largest absolute Gasteiger partial charge is 0.115 e. The fourth-order valence-electron chi connectivity index (χ4n) is 1.45. The average molecular weight is 230 g/mol. The summed E-state index contributed by atoms with van der Waals surface area (Å²) < 4.78 is 0. The molecule has 2 aliphatic carbocycles. The first-order valence-corrected chi connectivity index (χ1v) is 4.48. The molecule has 2 rings (SSSR count). The van der Waals surface area contributed by atoms with Crippen LogP contribution >= 0.6 is 11.6 Å². The van der Waals surface area contributed by atoms with Gasteiger partial charge in [-0.2, -0.15) is 0 Å². The van der Waals surface area contributed by atoms with E-state index in [1.807, 2.05) is 24.3 Å². The Labute approximate surface area is 94.8 Å². The summed E-state index contributed by atoms with van der Waals surface area (Å²) in [6.45, 7) is 0. The molecule has 0 spiro atoms. The van der Waals surface area contributed by atoms with Gasteiger partial charge in [0, 0.05) is 29.2 Å². The summed E-state index contributed by atoms with van der Waals surface area (Å²) in [6, 6.07) is 0. The minimum atomic E-state index is 0. The molecule has 0 atom stereocenters. The van der Waals surface area contributed by atoms with Crippen molar-refractivity contribution in [1.82, 2.24) is 0 Å². The van der Waals surface area contributed by atoms with E-state index in [4.69, 9.17) is 11.6 Å². The first-order chi connectivity index (χ1) is 5.88. The van der Waals surface area contributed by atoms with Gasteiger partial charge >= 0.3 is 0 Å². The van der Waals surface area contributed by atoms with Crippen LogP contribution in [0.2, 0.25) is 0 Å². The summed E-state index contributed by atoms with van der Waals surface area (Å²) in [5, 5.41) is 0.991. The van der Waals surface area contributed by atoms with E-state index in [-0.39, 0.29) is 17.4 Å². The predicted octanol–water partition coefficient (Wildman–Crippen LogP) is 3.24. The molecule has 0 aromatic heterocycles. The molecule has 0 aromatic carbocycles. The van der Waals surface area contributed by atoms with E-state index in [0.29, 0.717) is 11.8 Å².